The first kappa shape index (κ1) is 17.5. The van der Waals surface area contributed by atoms with Gasteiger partial charge >= 0.3 is 0 Å². The molecule has 1 aliphatic heterocycles. The summed E-state index contributed by atoms with van der Waals surface area (Å²) in [6, 6.07) is 17.5. The number of hydrogen-bond donors (Lipinski definition) is 0. The van der Waals surface area contributed by atoms with Crippen LogP contribution in [0.5, 0.6) is 0 Å². The van der Waals surface area contributed by atoms with E-state index in [4.69, 9.17) is 0 Å². The van der Waals surface area contributed by atoms with E-state index in [-0.39, 0.29) is 0 Å². The first-order valence-corrected chi connectivity index (χ1v) is 11.9. The number of thioether (sulfide) groups is 1. The van der Waals surface area contributed by atoms with Crippen LogP contribution in [0.25, 0.3) is 15.8 Å². The van der Waals surface area contributed by atoms with Crippen molar-refractivity contribution in [3.8, 4) is 0 Å². The van der Waals surface area contributed by atoms with E-state index in [0.29, 0.717) is 0 Å². The lowest BCUT2D eigenvalue weighted by atomic mass is 9.89. The van der Waals surface area contributed by atoms with Crippen LogP contribution in [-0.2, 0) is 7.05 Å². The monoisotopic (exact) mass is 415 g/mol. The third-order valence-corrected chi connectivity index (χ3v) is 8.85. The molecule has 2 heterocycles. The minimum absolute atomic E-state index is 1.20. The molecule has 0 saturated heterocycles. The van der Waals surface area contributed by atoms with Crippen LogP contribution in [0.1, 0.15) is 30.7 Å². The molecule has 6 rings (SSSR count). The third-order valence-electron chi connectivity index (χ3n) is 6.34. The van der Waals surface area contributed by atoms with E-state index in [9.17, 15) is 0 Å². The molecule has 0 saturated carbocycles. The fraction of sp³-hybridized carbons (Fsp3) is 0.240. The second kappa shape index (κ2) is 6.61. The van der Waals surface area contributed by atoms with Gasteiger partial charge in [-0.25, -0.2) is 0 Å². The summed E-state index contributed by atoms with van der Waals surface area (Å²) in [4.78, 5) is 3.75. The predicted molar refractivity (Wildman–Crippen MR) is 124 cm³/mol. The summed E-state index contributed by atoms with van der Waals surface area (Å²) in [6.07, 6.45) is 7.50. The SMILES string of the molecule is CN1/C(=C2/C=C(c3sc4ccccc4[n+]3C)C3=C2CCCC3)Sc2ccccc21. The Hall–Kier alpha value is -2.30. The van der Waals surface area contributed by atoms with Gasteiger partial charge in [0, 0.05) is 23.6 Å². The highest BCUT2D eigenvalue weighted by Gasteiger charge is 2.35. The Morgan fingerprint density at radius 2 is 1.69 bits per heavy atom. The standard InChI is InChI=1S/C25H23N2S2/c1-26-20-11-5-7-13-22(20)28-24(26)18-15-19(17-10-4-3-9-16(17)18)25-27(2)21-12-6-8-14-23(21)29-25/h5-8,11-15H,3-4,9-10H2,1-2H3/q+1. The zero-order chi connectivity index (χ0) is 19.5. The number of aromatic nitrogens is 1. The van der Waals surface area contributed by atoms with Crippen molar-refractivity contribution in [1.29, 1.82) is 0 Å². The molecule has 4 heteroatoms. The molecule has 2 aromatic carbocycles. The molecule has 0 bridgehead atoms. The van der Waals surface area contributed by atoms with Crippen LogP contribution in [0.15, 0.2) is 81.3 Å². The molecule has 0 spiro atoms. The van der Waals surface area contributed by atoms with E-state index in [2.05, 4.69) is 78.2 Å². The van der Waals surface area contributed by atoms with Crippen LogP contribution < -0.4 is 9.47 Å². The van der Waals surface area contributed by atoms with E-state index in [1.54, 1.807) is 11.1 Å². The smallest absolute Gasteiger partial charge is 0.270 e. The van der Waals surface area contributed by atoms with E-state index < -0.39 is 0 Å². The minimum Gasteiger partial charge on any atom is -0.338 e. The van der Waals surface area contributed by atoms with Gasteiger partial charge in [0.2, 0.25) is 5.52 Å². The number of thiazole rings is 1. The summed E-state index contributed by atoms with van der Waals surface area (Å²) in [7, 11) is 4.44. The van der Waals surface area contributed by atoms with Gasteiger partial charge in [0.25, 0.3) is 5.01 Å². The van der Waals surface area contributed by atoms with Crippen molar-refractivity contribution in [2.75, 3.05) is 11.9 Å². The Balaban J connectivity index is 1.55. The van der Waals surface area contributed by atoms with Crippen molar-refractivity contribution in [2.24, 2.45) is 7.05 Å². The lowest BCUT2D eigenvalue weighted by molar-refractivity contribution is -0.642. The second-order valence-corrected chi connectivity index (χ2v) is 10.1. The molecule has 0 atom stereocenters. The Labute approximate surface area is 179 Å². The molecular formula is C25H23N2S2+. The number of benzene rings is 2. The molecule has 2 nitrogen and oxygen atoms in total. The number of rotatable bonds is 1. The van der Waals surface area contributed by atoms with E-state index in [0.717, 1.165) is 0 Å². The molecule has 0 unspecified atom stereocenters. The number of allylic oxidation sites excluding steroid dienone is 5. The average molecular weight is 416 g/mol. The maximum absolute atomic E-state index is 2.49. The highest BCUT2D eigenvalue weighted by Crippen LogP contribution is 2.52. The van der Waals surface area contributed by atoms with Gasteiger partial charge in [-0.2, -0.15) is 4.57 Å². The van der Waals surface area contributed by atoms with Crippen molar-refractivity contribution in [2.45, 2.75) is 30.6 Å². The summed E-state index contributed by atoms with van der Waals surface area (Å²) in [6.45, 7) is 0. The quantitative estimate of drug-likeness (QED) is 0.422. The van der Waals surface area contributed by atoms with Gasteiger partial charge in [-0.3, -0.25) is 0 Å². The maximum atomic E-state index is 2.49. The zero-order valence-electron chi connectivity index (χ0n) is 16.7. The van der Waals surface area contributed by atoms with Crippen LogP contribution in [0.4, 0.5) is 5.69 Å². The highest BCUT2D eigenvalue weighted by molar-refractivity contribution is 8.03. The number of nitrogens with zero attached hydrogens (tertiary/aromatic N) is 2. The largest absolute Gasteiger partial charge is 0.338 e. The second-order valence-electron chi connectivity index (χ2n) is 8.00. The third kappa shape index (κ3) is 2.59. The summed E-state index contributed by atoms with van der Waals surface area (Å²) in [5.74, 6) is 0. The van der Waals surface area contributed by atoms with Gasteiger partial charge in [0.05, 0.1) is 16.3 Å². The lowest BCUT2D eigenvalue weighted by Crippen LogP contribution is -2.30. The molecule has 2 aliphatic carbocycles. The van der Waals surface area contributed by atoms with Crippen LogP contribution >= 0.6 is 23.1 Å². The molecule has 0 radical (unpaired) electrons. The van der Waals surface area contributed by atoms with Gasteiger partial charge in [-0.05, 0) is 61.1 Å². The summed E-state index contributed by atoms with van der Waals surface area (Å²) in [5, 5.41) is 2.78. The van der Waals surface area contributed by atoms with Crippen LogP contribution in [-0.4, -0.2) is 7.05 Å². The number of para-hydroxylation sites is 2. The Morgan fingerprint density at radius 3 is 2.52 bits per heavy atom. The molecular weight excluding hydrogens is 392 g/mol. The molecule has 0 fully saturated rings. The molecule has 29 heavy (non-hydrogen) atoms. The van der Waals surface area contributed by atoms with Gasteiger partial charge in [-0.1, -0.05) is 47.4 Å². The summed E-state index contributed by atoms with van der Waals surface area (Å²) < 4.78 is 3.75. The maximum Gasteiger partial charge on any atom is 0.270 e. The van der Waals surface area contributed by atoms with Crippen molar-refractivity contribution in [3.63, 3.8) is 0 Å². The highest BCUT2D eigenvalue weighted by atomic mass is 32.2. The fourth-order valence-electron chi connectivity index (χ4n) is 4.88. The summed E-state index contributed by atoms with van der Waals surface area (Å²) in [5.41, 5.74) is 8.74. The molecule has 0 amide bonds. The van der Waals surface area contributed by atoms with Gasteiger partial charge < -0.3 is 4.90 Å². The number of aryl methyl sites for hydroxylation is 1. The lowest BCUT2D eigenvalue weighted by Gasteiger charge is -2.20. The van der Waals surface area contributed by atoms with Crippen molar-refractivity contribution >= 4 is 44.6 Å². The van der Waals surface area contributed by atoms with E-state index in [1.807, 2.05) is 23.1 Å². The molecule has 3 aliphatic rings. The zero-order valence-corrected chi connectivity index (χ0v) is 18.4. The van der Waals surface area contributed by atoms with Crippen LogP contribution in [0.2, 0.25) is 0 Å². The van der Waals surface area contributed by atoms with Crippen molar-refractivity contribution < 1.29 is 4.57 Å². The van der Waals surface area contributed by atoms with Crippen LogP contribution in [0, 0.1) is 0 Å². The Morgan fingerprint density at radius 1 is 0.931 bits per heavy atom. The Kier molecular flexibility index (Phi) is 4.00. The normalized spacial score (nSPS) is 21.0. The molecule has 1 aromatic heterocycles. The minimum atomic E-state index is 1.20. The number of hydrogen-bond acceptors (Lipinski definition) is 3. The topological polar surface area (TPSA) is 7.12 Å². The summed E-state index contributed by atoms with van der Waals surface area (Å²) >= 11 is 3.85. The van der Waals surface area contributed by atoms with E-state index in [1.165, 1.54) is 67.7 Å². The van der Waals surface area contributed by atoms with Crippen molar-refractivity contribution in [1.82, 2.24) is 0 Å². The first-order valence-electron chi connectivity index (χ1n) is 10.3. The average Bonchev–Trinajstić information content (AvgIpc) is 3.40. The van der Waals surface area contributed by atoms with Crippen LogP contribution in [0.3, 0.4) is 0 Å². The molecule has 0 N–H and O–H groups in total. The van der Waals surface area contributed by atoms with Crippen molar-refractivity contribution in [3.05, 3.63) is 81.4 Å². The predicted octanol–water partition coefficient (Wildman–Crippen LogP) is 6.45. The first-order chi connectivity index (χ1) is 14.2. The number of fused-ring (bicyclic) bond motifs is 2. The fourth-order valence-corrected chi connectivity index (χ4v) is 7.26. The van der Waals surface area contributed by atoms with Gasteiger partial charge in [-0.15, -0.1) is 0 Å². The Bertz CT molecular complexity index is 1260. The van der Waals surface area contributed by atoms with E-state index >= 15 is 0 Å². The van der Waals surface area contributed by atoms with Gasteiger partial charge in [0.15, 0.2) is 0 Å². The molecule has 144 valence electrons. The molecule has 3 aromatic rings. The van der Waals surface area contributed by atoms with Gasteiger partial charge in [0.1, 0.15) is 11.7 Å². The number of anilines is 1.